The number of halogens is 2. The van der Waals surface area contributed by atoms with Crippen molar-refractivity contribution >= 4 is 78.7 Å². The van der Waals surface area contributed by atoms with Crippen molar-refractivity contribution in [3.05, 3.63) is 165 Å². The summed E-state index contributed by atoms with van der Waals surface area (Å²) in [4.78, 5) is 4.61. The fraction of sp³-hybridized carbons (Fsp3) is 0.309. The van der Waals surface area contributed by atoms with E-state index in [4.69, 9.17) is 23.2 Å². The van der Waals surface area contributed by atoms with Crippen LogP contribution in [0.3, 0.4) is 0 Å². The van der Waals surface area contributed by atoms with Gasteiger partial charge >= 0.3 is 0 Å². The van der Waals surface area contributed by atoms with Gasteiger partial charge in [-0.1, -0.05) is 167 Å². The molecule has 0 N–H and O–H groups in total. The Balaban J connectivity index is 1.44. The summed E-state index contributed by atoms with van der Waals surface area (Å²) in [6.45, 7) is 29.5. The SMILES string of the molecule is Cc1ccc(Cl)cc1N(c1ccc(-c2cc(C(C)(C)C)cc(C(C)(C)C)c2)cc1)c1cccc(N(c2cccc(C(C)(C)C)c2)c2csc3ccc(C(C)(C)C)cc23)c1Cl. The summed E-state index contributed by atoms with van der Waals surface area (Å²) in [5, 5.41) is 4.79. The van der Waals surface area contributed by atoms with Gasteiger partial charge in [-0.2, -0.15) is 0 Å². The molecule has 0 aliphatic heterocycles. The van der Waals surface area contributed by atoms with Crippen molar-refractivity contribution in [2.24, 2.45) is 0 Å². The zero-order valence-corrected chi connectivity index (χ0v) is 40.0. The molecular weight excluding hydrogens is 792 g/mol. The number of hydrogen-bond acceptors (Lipinski definition) is 3. The van der Waals surface area contributed by atoms with Crippen LogP contribution in [0.25, 0.3) is 21.2 Å². The highest BCUT2D eigenvalue weighted by Gasteiger charge is 2.27. The maximum atomic E-state index is 7.88. The molecule has 0 amide bonds. The lowest BCUT2D eigenvalue weighted by Gasteiger charge is -2.32. The van der Waals surface area contributed by atoms with Crippen LogP contribution in [0.5, 0.6) is 0 Å². The van der Waals surface area contributed by atoms with Crippen LogP contribution < -0.4 is 9.80 Å². The molecule has 0 spiro atoms. The predicted molar refractivity (Wildman–Crippen MR) is 266 cm³/mol. The standard InChI is InChI=1S/C55H60Cl2N2S/c1-35-20-24-42(56)33-48(35)58(43-25-21-36(22-26-43)37-28-40(54(8,9)10)30-41(29-37)55(11,12)13)46-18-15-19-47(51(46)57)59(44-17-14-16-38(31-44)52(2,3)4)49-34-60-50-27-23-39(32-45(49)50)53(5,6)7/h14-34H,1-13H3. The third-order valence-electron chi connectivity index (χ3n) is 11.6. The molecule has 7 aromatic rings. The van der Waals surface area contributed by atoms with E-state index >= 15 is 0 Å². The Morgan fingerprint density at radius 2 is 0.983 bits per heavy atom. The van der Waals surface area contributed by atoms with Crippen LogP contribution in [0.15, 0.2) is 127 Å². The molecule has 310 valence electrons. The molecule has 0 atom stereocenters. The minimum Gasteiger partial charge on any atom is -0.309 e. The maximum absolute atomic E-state index is 7.88. The normalized spacial score (nSPS) is 12.6. The maximum Gasteiger partial charge on any atom is 0.0887 e. The highest BCUT2D eigenvalue weighted by molar-refractivity contribution is 7.17. The third-order valence-corrected chi connectivity index (χ3v) is 13.2. The Kier molecular flexibility index (Phi) is 11.7. The highest BCUT2D eigenvalue weighted by Crippen LogP contribution is 2.50. The van der Waals surface area contributed by atoms with Crippen LogP contribution >= 0.6 is 34.5 Å². The Bertz CT molecular complexity index is 2640. The number of benzene rings is 6. The second-order valence-electron chi connectivity index (χ2n) is 20.4. The topological polar surface area (TPSA) is 6.48 Å². The summed E-state index contributed by atoms with van der Waals surface area (Å²) in [6, 6.07) is 44.3. The first kappa shape index (κ1) is 43.5. The average molecular weight is 852 g/mol. The molecule has 0 unspecified atom stereocenters. The molecule has 2 nitrogen and oxygen atoms in total. The molecule has 5 heteroatoms. The second kappa shape index (κ2) is 16.1. The van der Waals surface area contributed by atoms with Crippen LogP contribution in [0, 0.1) is 6.92 Å². The van der Waals surface area contributed by atoms with Gasteiger partial charge in [0.2, 0.25) is 0 Å². The van der Waals surface area contributed by atoms with E-state index in [2.05, 4.69) is 214 Å². The summed E-state index contributed by atoms with van der Waals surface area (Å²) in [5.41, 5.74) is 14.6. The Morgan fingerprint density at radius 1 is 0.433 bits per heavy atom. The van der Waals surface area contributed by atoms with Crippen molar-refractivity contribution in [1.29, 1.82) is 0 Å². The smallest absolute Gasteiger partial charge is 0.0887 e. The summed E-state index contributed by atoms with van der Waals surface area (Å²) in [5.74, 6) is 0. The van der Waals surface area contributed by atoms with Crippen LogP contribution in [0.1, 0.15) is 111 Å². The van der Waals surface area contributed by atoms with Crippen molar-refractivity contribution in [2.45, 2.75) is 112 Å². The lowest BCUT2D eigenvalue weighted by atomic mass is 9.79. The van der Waals surface area contributed by atoms with Gasteiger partial charge in [0.15, 0.2) is 0 Å². The summed E-state index contributed by atoms with van der Waals surface area (Å²) < 4.78 is 1.24. The zero-order valence-electron chi connectivity index (χ0n) is 37.7. The first-order chi connectivity index (χ1) is 28.0. The molecule has 1 aromatic heterocycles. The third kappa shape index (κ3) is 8.92. The van der Waals surface area contributed by atoms with Crippen molar-refractivity contribution < 1.29 is 0 Å². The fourth-order valence-corrected chi connectivity index (χ4v) is 9.09. The molecule has 7 rings (SSSR count). The van der Waals surface area contributed by atoms with E-state index in [0.717, 1.165) is 39.7 Å². The van der Waals surface area contributed by atoms with Gasteiger partial charge in [-0.25, -0.2) is 0 Å². The van der Waals surface area contributed by atoms with Crippen molar-refractivity contribution in [3.8, 4) is 11.1 Å². The van der Waals surface area contributed by atoms with E-state index in [0.29, 0.717) is 10.0 Å². The molecular formula is C55H60Cl2N2S. The molecule has 6 aromatic carbocycles. The molecule has 0 aliphatic rings. The van der Waals surface area contributed by atoms with Gasteiger partial charge in [0, 0.05) is 31.9 Å². The number of aryl methyl sites for hydroxylation is 1. The molecule has 0 aliphatic carbocycles. The summed E-state index contributed by atoms with van der Waals surface area (Å²) in [7, 11) is 0. The Hall–Kier alpha value is -4.54. The summed E-state index contributed by atoms with van der Waals surface area (Å²) >= 11 is 16.4. The molecule has 60 heavy (non-hydrogen) atoms. The first-order valence-electron chi connectivity index (χ1n) is 21.0. The quantitative estimate of drug-likeness (QED) is 0.158. The van der Waals surface area contributed by atoms with E-state index in [1.54, 1.807) is 11.3 Å². The monoisotopic (exact) mass is 850 g/mol. The Labute approximate surface area is 373 Å². The molecule has 0 radical (unpaired) electrons. The van der Waals surface area contributed by atoms with Gasteiger partial charge in [0.05, 0.1) is 27.8 Å². The number of fused-ring (bicyclic) bond motifs is 1. The van der Waals surface area contributed by atoms with E-state index in [-0.39, 0.29) is 21.7 Å². The van der Waals surface area contributed by atoms with Crippen LogP contribution in [0.4, 0.5) is 34.1 Å². The number of rotatable bonds is 7. The predicted octanol–water partition coefficient (Wildman–Crippen LogP) is 18.3. The van der Waals surface area contributed by atoms with E-state index in [1.165, 1.54) is 43.5 Å². The number of hydrogen-bond donors (Lipinski definition) is 0. The van der Waals surface area contributed by atoms with Gasteiger partial charge in [0.25, 0.3) is 0 Å². The fourth-order valence-electron chi connectivity index (χ4n) is 7.72. The number of nitrogens with zero attached hydrogens (tertiary/aromatic N) is 2. The molecule has 0 saturated heterocycles. The minimum absolute atomic E-state index is 0.00290. The second-order valence-corrected chi connectivity index (χ2v) is 22.2. The molecule has 0 bridgehead atoms. The van der Waals surface area contributed by atoms with E-state index < -0.39 is 0 Å². The van der Waals surface area contributed by atoms with Gasteiger partial charge in [-0.3, -0.25) is 0 Å². The minimum atomic E-state index is -0.0428. The van der Waals surface area contributed by atoms with Crippen molar-refractivity contribution in [3.63, 3.8) is 0 Å². The van der Waals surface area contributed by atoms with Gasteiger partial charge in [-0.05, 0) is 128 Å². The molecule has 0 saturated carbocycles. The average Bonchev–Trinajstić information content (AvgIpc) is 3.59. The first-order valence-corrected chi connectivity index (χ1v) is 22.7. The lowest BCUT2D eigenvalue weighted by molar-refractivity contribution is 0.569. The number of thiophene rings is 1. The van der Waals surface area contributed by atoms with Gasteiger partial charge < -0.3 is 9.80 Å². The van der Waals surface area contributed by atoms with Crippen LogP contribution in [-0.2, 0) is 21.7 Å². The van der Waals surface area contributed by atoms with Crippen molar-refractivity contribution in [1.82, 2.24) is 0 Å². The summed E-state index contributed by atoms with van der Waals surface area (Å²) in [6.07, 6.45) is 0. The Morgan fingerprint density at radius 3 is 1.57 bits per heavy atom. The van der Waals surface area contributed by atoms with Crippen LogP contribution in [0.2, 0.25) is 10.0 Å². The van der Waals surface area contributed by atoms with E-state index in [1.807, 2.05) is 12.1 Å². The zero-order chi connectivity index (χ0) is 43.5. The molecule has 0 fully saturated rings. The van der Waals surface area contributed by atoms with Gasteiger partial charge in [-0.15, -0.1) is 11.3 Å². The van der Waals surface area contributed by atoms with Crippen molar-refractivity contribution in [2.75, 3.05) is 9.80 Å². The highest BCUT2D eigenvalue weighted by atomic mass is 35.5. The van der Waals surface area contributed by atoms with E-state index in [9.17, 15) is 0 Å². The number of anilines is 6. The largest absolute Gasteiger partial charge is 0.309 e. The van der Waals surface area contributed by atoms with Gasteiger partial charge in [0.1, 0.15) is 0 Å². The van der Waals surface area contributed by atoms with Crippen LogP contribution in [-0.4, -0.2) is 0 Å². The lowest BCUT2D eigenvalue weighted by Crippen LogP contribution is -2.17. The molecule has 1 heterocycles.